The van der Waals surface area contributed by atoms with E-state index in [1.54, 1.807) is 6.20 Å². The van der Waals surface area contributed by atoms with Crippen LogP contribution in [0.5, 0.6) is 0 Å². The van der Waals surface area contributed by atoms with Gasteiger partial charge in [0.15, 0.2) is 5.78 Å². The summed E-state index contributed by atoms with van der Waals surface area (Å²) in [5.41, 5.74) is 6.55. The van der Waals surface area contributed by atoms with Crippen molar-refractivity contribution < 1.29 is 4.79 Å². The number of benzene rings is 1. The number of fused-ring (bicyclic) bond motifs is 2. The Bertz CT molecular complexity index is 769. The van der Waals surface area contributed by atoms with Crippen molar-refractivity contribution >= 4 is 11.4 Å². The zero-order valence-corrected chi connectivity index (χ0v) is 12.4. The Morgan fingerprint density at radius 3 is 2.59 bits per heavy atom. The van der Waals surface area contributed by atoms with Gasteiger partial charge in [-0.3, -0.25) is 9.78 Å². The molecule has 1 N–H and O–H groups in total. The smallest absolute Gasteiger partial charge is 0.169 e. The minimum absolute atomic E-state index is 0.167. The summed E-state index contributed by atoms with van der Waals surface area (Å²) >= 11 is 0. The van der Waals surface area contributed by atoms with Crippen molar-refractivity contribution in [2.75, 3.05) is 13.1 Å². The molecule has 0 unspecified atom stereocenters. The largest absolute Gasteiger partial charge is 0.316 e. The van der Waals surface area contributed by atoms with Gasteiger partial charge in [0.25, 0.3) is 0 Å². The lowest BCUT2D eigenvalue weighted by Gasteiger charge is -2.21. The van der Waals surface area contributed by atoms with E-state index in [2.05, 4.69) is 28.5 Å². The molecule has 0 saturated carbocycles. The van der Waals surface area contributed by atoms with Gasteiger partial charge in [0.1, 0.15) is 0 Å². The maximum atomic E-state index is 12.6. The zero-order chi connectivity index (χ0) is 14.9. The van der Waals surface area contributed by atoms with Gasteiger partial charge < -0.3 is 5.32 Å². The molecule has 1 aliphatic heterocycles. The number of nitrogens with zero attached hydrogens (tertiary/aromatic N) is 1. The number of hydrogen-bond donors (Lipinski definition) is 1. The first-order chi connectivity index (χ1) is 10.8. The first-order valence-corrected chi connectivity index (χ1v) is 7.84. The van der Waals surface area contributed by atoms with Gasteiger partial charge in [0.2, 0.25) is 0 Å². The van der Waals surface area contributed by atoms with Gasteiger partial charge in [0.05, 0.1) is 5.69 Å². The molecule has 1 aromatic carbocycles. The number of rotatable bonds is 0. The van der Waals surface area contributed by atoms with E-state index < -0.39 is 0 Å². The van der Waals surface area contributed by atoms with Gasteiger partial charge in [0, 0.05) is 23.8 Å². The van der Waals surface area contributed by atoms with E-state index in [9.17, 15) is 4.79 Å². The van der Waals surface area contributed by atoms with Crippen LogP contribution in [0.3, 0.4) is 0 Å². The maximum Gasteiger partial charge on any atom is 0.169 e. The van der Waals surface area contributed by atoms with Crippen LogP contribution >= 0.6 is 0 Å². The SMILES string of the molecule is O=C1Cc2ccccc2C(=C2CCNCC2)c2ncccc21. The molecule has 0 radical (unpaired) electrons. The van der Waals surface area contributed by atoms with Crippen molar-refractivity contribution in [2.45, 2.75) is 19.3 Å². The Morgan fingerprint density at radius 2 is 1.73 bits per heavy atom. The topological polar surface area (TPSA) is 42.0 Å². The molecule has 2 heterocycles. The average Bonchev–Trinajstić information content (AvgIpc) is 2.70. The molecule has 2 aliphatic rings. The van der Waals surface area contributed by atoms with Crippen molar-refractivity contribution in [3.05, 3.63) is 70.6 Å². The predicted molar refractivity (Wildman–Crippen MR) is 86.8 cm³/mol. The van der Waals surface area contributed by atoms with Crippen LogP contribution in [0.2, 0.25) is 0 Å². The van der Waals surface area contributed by atoms with Gasteiger partial charge in [-0.1, -0.05) is 29.8 Å². The Hall–Kier alpha value is -2.26. The summed E-state index contributed by atoms with van der Waals surface area (Å²) in [5, 5.41) is 3.40. The summed E-state index contributed by atoms with van der Waals surface area (Å²) in [6.07, 6.45) is 4.30. The highest BCUT2D eigenvalue weighted by Gasteiger charge is 2.26. The van der Waals surface area contributed by atoms with E-state index in [1.807, 2.05) is 18.2 Å². The van der Waals surface area contributed by atoms with Crippen LogP contribution in [0.25, 0.3) is 5.57 Å². The second-order valence-electron chi connectivity index (χ2n) is 5.89. The summed E-state index contributed by atoms with van der Waals surface area (Å²) in [6.45, 7) is 1.99. The number of hydrogen-bond acceptors (Lipinski definition) is 3. The quantitative estimate of drug-likeness (QED) is 0.811. The minimum Gasteiger partial charge on any atom is -0.316 e. The number of pyridine rings is 1. The van der Waals surface area contributed by atoms with Crippen molar-refractivity contribution in [1.82, 2.24) is 10.3 Å². The molecule has 2 aromatic rings. The Kier molecular flexibility index (Phi) is 3.35. The van der Waals surface area contributed by atoms with Crippen LogP contribution < -0.4 is 5.32 Å². The molecule has 3 heteroatoms. The second kappa shape index (κ2) is 5.50. The second-order valence-corrected chi connectivity index (χ2v) is 5.89. The molecule has 0 bridgehead atoms. The Morgan fingerprint density at radius 1 is 0.955 bits per heavy atom. The van der Waals surface area contributed by atoms with Crippen molar-refractivity contribution in [3.8, 4) is 0 Å². The monoisotopic (exact) mass is 290 g/mol. The summed E-state index contributed by atoms with van der Waals surface area (Å²) in [4.78, 5) is 17.2. The normalized spacial score (nSPS) is 17.7. The lowest BCUT2D eigenvalue weighted by Crippen LogP contribution is -2.24. The minimum atomic E-state index is 0.167. The highest BCUT2D eigenvalue weighted by atomic mass is 16.1. The molecule has 3 nitrogen and oxygen atoms in total. The number of ketones is 1. The number of carbonyl (C=O) groups is 1. The molecule has 110 valence electrons. The molecule has 1 aromatic heterocycles. The molecule has 4 rings (SSSR count). The van der Waals surface area contributed by atoms with Crippen molar-refractivity contribution in [2.24, 2.45) is 0 Å². The highest BCUT2D eigenvalue weighted by molar-refractivity contribution is 6.05. The molecule has 1 fully saturated rings. The summed E-state index contributed by atoms with van der Waals surface area (Å²) < 4.78 is 0. The maximum absolute atomic E-state index is 12.6. The van der Waals surface area contributed by atoms with E-state index in [0.29, 0.717) is 6.42 Å². The van der Waals surface area contributed by atoms with Crippen LogP contribution in [-0.4, -0.2) is 23.9 Å². The van der Waals surface area contributed by atoms with E-state index in [4.69, 9.17) is 0 Å². The van der Waals surface area contributed by atoms with Crippen molar-refractivity contribution in [3.63, 3.8) is 0 Å². The summed E-state index contributed by atoms with van der Waals surface area (Å²) in [7, 11) is 0. The molecule has 0 amide bonds. The highest BCUT2D eigenvalue weighted by Crippen LogP contribution is 2.36. The van der Waals surface area contributed by atoms with Crippen LogP contribution in [0.4, 0.5) is 0 Å². The van der Waals surface area contributed by atoms with Crippen LogP contribution in [0.15, 0.2) is 48.2 Å². The van der Waals surface area contributed by atoms with E-state index in [1.165, 1.54) is 16.7 Å². The van der Waals surface area contributed by atoms with Gasteiger partial charge in [-0.05, 0) is 49.2 Å². The predicted octanol–water partition coefficient (Wildman–Crippen LogP) is 3.01. The van der Waals surface area contributed by atoms with Crippen molar-refractivity contribution in [1.29, 1.82) is 0 Å². The molecule has 22 heavy (non-hydrogen) atoms. The summed E-state index contributed by atoms with van der Waals surface area (Å²) in [6, 6.07) is 12.0. The third kappa shape index (κ3) is 2.18. The standard InChI is InChI=1S/C19H18N2O/c22-17-12-14-4-1-2-5-15(14)18(13-7-10-20-11-8-13)19-16(17)6-3-9-21-19/h1-6,9,20H,7-8,10-12H2. The molecular formula is C19H18N2O. The average molecular weight is 290 g/mol. The van der Waals surface area contributed by atoms with E-state index >= 15 is 0 Å². The fourth-order valence-corrected chi connectivity index (χ4v) is 3.48. The fourth-order valence-electron chi connectivity index (χ4n) is 3.48. The fraction of sp³-hybridized carbons (Fsp3) is 0.263. The number of aromatic nitrogens is 1. The number of piperidine rings is 1. The Balaban J connectivity index is 2.03. The third-order valence-corrected chi connectivity index (χ3v) is 4.54. The van der Waals surface area contributed by atoms with E-state index in [0.717, 1.165) is 42.8 Å². The molecule has 1 aliphatic carbocycles. The number of nitrogens with one attached hydrogen (secondary N) is 1. The van der Waals surface area contributed by atoms with Gasteiger partial charge in [-0.15, -0.1) is 0 Å². The lowest BCUT2D eigenvalue weighted by molar-refractivity contribution is 0.0993. The molecule has 0 spiro atoms. The lowest BCUT2D eigenvalue weighted by atomic mass is 9.89. The zero-order valence-electron chi connectivity index (χ0n) is 12.4. The third-order valence-electron chi connectivity index (χ3n) is 4.54. The van der Waals surface area contributed by atoms with Crippen LogP contribution in [-0.2, 0) is 6.42 Å². The van der Waals surface area contributed by atoms with Crippen LogP contribution in [0.1, 0.15) is 40.0 Å². The van der Waals surface area contributed by atoms with Gasteiger partial charge in [-0.25, -0.2) is 0 Å². The molecular weight excluding hydrogens is 272 g/mol. The molecule has 1 saturated heterocycles. The number of carbonyl (C=O) groups excluding carboxylic acids is 1. The number of Topliss-reactive ketones (excluding diaryl/α,β-unsaturated/α-hetero) is 1. The van der Waals surface area contributed by atoms with Gasteiger partial charge >= 0.3 is 0 Å². The molecule has 0 atom stereocenters. The van der Waals surface area contributed by atoms with E-state index in [-0.39, 0.29) is 5.78 Å². The van der Waals surface area contributed by atoms with Crippen LogP contribution in [0, 0.1) is 0 Å². The summed E-state index contributed by atoms with van der Waals surface area (Å²) in [5.74, 6) is 0.167. The first kappa shape index (κ1) is 13.4. The first-order valence-electron chi connectivity index (χ1n) is 7.84. The Labute approximate surface area is 130 Å². The van der Waals surface area contributed by atoms with Gasteiger partial charge in [-0.2, -0.15) is 0 Å².